The molecule has 154 valence electrons. The molecular formula is C23H23F3O3. The number of ether oxygens (including phenoxy) is 1. The molecule has 0 bridgehead atoms. The summed E-state index contributed by atoms with van der Waals surface area (Å²) in [5, 5.41) is 0.531. The Bertz CT molecular complexity index is 1050. The summed E-state index contributed by atoms with van der Waals surface area (Å²) >= 11 is 0. The van der Waals surface area contributed by atoms with Gasteiger partial charge in [0.15, 0.2) is 0 Å². The number of unbranched alkanes of at least 4 members (excludes halogenated alkanes) is 2. The Morgan fingerprint density at radius 3 is 2.45 bits per heavy atom. The molecule has 0 aliphatic rings. The molecule has 0 saturated heterocycles. The molecular weight excluding hydrogens is 381 g/mol. The van der Waals surface area contributed by atoms with Gasteiger partial charge in [0.1, 0.15) is 11.3 Å². The maximum atomic E-state index is 13.7. The lowest BCUT2D eigenvalue weighted by atomic mass is 9.95. The summed E-state index contributed by atoms with van der Waals surface area (Å²) in [7, 11) is 0. The van der Waals surface area contributed by atoms with E-state index in [-0.39, 0.29) is 16.7 Å². The molecule has 3 nitrogen and oxygen atoms in total. The van der Waals surface area contributed by atoms with Crippen LogP contribution in [0.5, 0.6) is 5.75 Å². The first kappa shape index (κ1) is 21.0. The highest BCUT2D eigenvalue weighted by molar-refractivity contribution is 5.83. The third kappa shape index (κ3) is 4.81. The number of fused-ring (bicyclic) bond motifs is 1. The van der Waals surface area contributed by atoms with Crippen molar-refractivity contribution in [1.29, 1.82) is 0 Å². The van der Waals surface area contributed by atoms with E-state index < -0.39 is 17.4 Å². The minimum atomic E-state index is -4.57. The maximum Gasteiger partial charge on any atom is 0.417 e. The molecule has 0 spiro atoms. The van der Waals surface area contributed by atoms with Crippen molar-refractivity contribution in [1.82, 2.24) is 0 Å². The molecule has 0 aliphatic heterocycles. The van der Waals surface area contributed by atoms with Crippen molar-refractivity contribution < 1.29 is 22.3 Å². The summed E-state index contributed by atoms with van der Waals surface area (Å²) in [5.41, 5.74) is -1.01. The van der Waals surface area contributed by atoms with Crippen LogP contribution >= 0.6 is 0 Å². The Balaban J connectivity index is 2.08. The van der Waals surface area contributed by atoms with Gasteiger partial charge < -0.3 is 9.15 Å². The van der Waals surface area contributed by atoms with Gasteiger partial charge in [-0.2, -0.15) is 13.2 Å². The Morgan fingerprint density at radius 2 is 1.76 bits per heavy atom. The molecule has 3 aromatic rings. The van der Waals surface area contributed by atoms with Crippen LogP contribution in [0.1, 0.15) is 44.2 Å². The van der Waals surface area contributed by atoms with Crippen molar-refractivity contribution >= 4 is 11.0 Å². The van der Waals surface area contributed by atoms with Crippen LogP contribution in [0.3, 0.4) is 0 Å². The monoisotopic (exact) mass is 404 g/mol. The second-order valence-corrected chi connectivity index (χ2v) is 6.91. The van der Waals surface area contributed by atoms with Crippen molar-refractivity contribution in [2.24, 2.45) is 0 Å². The van der Waals surface area contributed by atoms with Crippen molar-refractivity contribution in [3.63, 3.8) is 0 Å². The van der Waals surface area contributed by atoms with E-state index in [0.29, 0.717) is 29.7 Å². The molecule has 0 aliphatic carbocycles. The SMILES string of the molecule is CCCCCc1ccc(-c2cc3ccc(OCC)cc3oc2=O)c(C(F)(F)F)c1. The minimum absolute atomic E-state index is 0.103. The third-order valence-corrected chi connectivity index (χ3v) is 4.77. The van der Waals surface area contributed by atoms with E-state index in [1.54, 1.807) is 24.3 Å². The Hall–Kier alpha value is -2.76. The normalized spacial score (nSPS) is 11.8. The van der Waals surface area contributed by atoms with Crippen molar-refractivity contribution in [2.75, 3.05) is 6.61 Å². The van der Waals surface area contributed by atoms with Crippen LogP contribution in [0, 0.1) is 0 Å². The van der Waals surface area contributed by atoms with E-state index in [2.05, 4.69) is 0 Å². The molecule has 0 radical (unpaired) electrons. The lowest BCUT2D eigenvalue weighted by Gasteiger charge is -2.15. The van der Waals surface area contributed by atoms with Gasteiger partial charge in [-0.3, -0.25) is 0 Å². The van der Waals surface area contributed by atoms with Gasteiger partial charge in [-0.25, -0.2) is 4.79 Å². The summed E-state index contributed by atoms with van der Waals surface area (Å²) < 4.78 is 51.9. The fourth-order valence-electron chi connectivity index (χ4n) is 3.33. The Labute approximate surface area is 167 Å². The zero-order chi connectivity index (χ0) is 21.0. The zero-order valence-corrected chi connectivity index (χ0v) is 16.4. The van der Waals surface area contributed by atoms with Gasteiger partial charge in [0.05, 0.1) is 17.7 Å². The van der Waals surface area contributed by atoms with Crippen LogP contribution in [-0.4, -0.2) is 6.61 Å². The van der Waals surface area contributed by atoms with Crippen LogP contribution in [-0.2, 0) is 12.6 Å². The van der Waals surface area contributed by atoms with Gasteiger partial charge in [-0.1, -0.05) is 31.9 Å². The first-order valence-electron chi connectivity index (χ1n) is 9.74. The number of hydrogen-bond acceptors (Lipinski definition) is 3. The van der Waals surface area contributed by atoms with Gasteiger partial charge in [-0.15, -0.1) is 0 Å². The summed E-state index contributed by atoms with van der Waals surface area (Å²) in [4.78, 5) is 12.5. The number of rotatable bonds is 7. The smallest absolute Gasteiger partial charge is 0.417 e. The van der Waals surface area contributed by atoms with E-state index >= 15 is 0 Å². The predicted molar refractivity (Wildman–Crippen MR) is 107 cm³/mol. The first-order valence-corrected chi connectivity index (χ1v) is 9.74. The van der Waals surface area contributed by atoms with E-state index in [0.717, 1.165) is 25.3 Å². The third-order valence-electron chi connectivity index (χ3n) is 4.77. The molecule has 0 amide bonds. The van der Waals surface area contributed by atoms with Gasteiger partial charge in [0.25, 0.3) is 0 Å². The lowest BCUT2D eigenvalue weighted by molar-refractivity contribution is -0.137. The number of alkyl halides is 3. The highest BCUT2D eigenvalue weighted by atomic mass is 19.4. The van der Waals surface area contributed by atoms with Crippen molar-refractivity contribution in [3.8, 4) is 16.9 Å². The lowest BCUT2D eigenvalue weighted by Crippen LogP contribution is -2.12. The summed E-state index contributed by atoms with van der Waals surface area (Å²) in [5.74, 6) is 0.531. The first-order chi connectivity index (χ1) is 13.8. The summed E-state index contributed by atoms with van der Waals surface area (Å²) in [6, 6.07) is 10.5. The van der Waals surface area contributed by atoms with Crippen LogP contribution in [0.2, 0.25) is 0 Å². The zero-order valence-electron chi connectivity index (χ0n) is 16.4. The molecule has 2 aromatic carbocycles. The number of aryl methyl sites for hydroxylation is 1. The second-order valence-electron chi connectivity index (χ2n) is 6.91. The van der Waals surface area contributed by atoms with Crippen molar-refractivity contribution in [2.45, 2.75) is 45.7 Å². The molecule has 1 aromatic heterocycles. The van der Waals surface area contributed by atoms with Gasteiger partial charge in [0.2, 0.25) is 0 Å². The van der Waals surface area contributed by atoms with E-state index in [9.17, 15) is 18.0 Å². The average molecular weight is 404 g/mol. The maximum absolute atomic E-state index is 13.7. The molecule has 29 heavy (non-hydrogen) atoms. The quantitative estimate of drug-likeness (QED) is 0.329. The standard InChI is InChI=1S/C23H23F3O3/c1-3-5-6-7-15-8-11-18(20(12-15)23(24,25)26)19-13-16-9-10-17(28-4-2)14-21(16)29-22(19)27/h8-14H,3-7H2,1-2H3. The fraction of sp³-hybridized carbons (Fsp3) is 0.348. The van der Waals surface area contributed by atoms with Crippen LogP contribution in [0.15, 0.2) is 51.7 Å². The molecule has 3 rings (SSSR count). The summed E-state index contributed by atoms with van der Waals surface area (Å²) in [6.07, 6.45) is -1.22. The van der Waals surface area contributed by atoms with Crippen LogP contribution in [0.4, 0.5) is 13.2 Å². The number of hydrogen-bond donors (Lipinski definition) is 0. The molecule has 0 unspecified atom stereocenters. The number of benzene rings is 2. The van der Waals surface area contributed by atoms with E-state index in [4.69, 9.17) is 9.15 Å². The Morgan fingerprint density at radius 1 is 0.966 bits per heavy atom. The second kappa shape index (κ2) is 8.72. The van der Waals surface area contributed by atoms with Crippen molar-refractivity contribution in [3.05, 3.63) is 64.0 Å². The summed E-state index contributed by atoms with van der Waals surface area (Å²) in [6.45, 7) is 4.32. The molecule has 0 N–H and O–H groups in total. The number of halogens is 3. The topological polar surface area (TPSA) is 39.4 Å². The highest BCUT2D eigenvalue weighted by Gasteiger charge is 2.34. The van der Waals surface area contributed by atoms with Crippen LogP contribution in [0.25, 0.3) is 22.1 Å². The molecule has 6 heteroatoms. The minimum Gasteiger partial charge on any atom is -0.494 e. The average Bonchev–Trinajstić information content (AvgIpc) is 2.67. The fourth-order valence-corrected chi connectivity index (χ4v) is 3.33. The van der Waals surface area contributed by atoms with E-state index in [1.807, 2.05) is 13.8 Å². The van der Waals surface area contributed by atoms with E-state index in [1.165, 1.54) is 12.1 Å². The Kier molecular flexibility index (Phi) is 6.30. The molecule has 0 fully saturated rings. The van der Waals surface area contributed by atoms with Crippen LogP contribution < -0.4 is 10.4 Å². The highest BCUT2D eigenvalue weighted by Crippen LogP contribution is 2.38. The molecule has 0 saturated carbocycles. The molecule has 0 atom stereocenters. The van der Waals surface area contributed by atoms with Gasteiger partial charge in [0, 0.05) is 17.0 Å². The van der Waals surface area contributed by atoms with Gasteiger partial charge in [-0.05, 0) is 49.6 Å². The predicted octanol–water partition coefficient (Wildman–Crippen LogP) is 6.61. The van der Waals surface area contributed by atoms with Gasteiger partial charge >= 0.3 is 11.8 Å². The molecule has 1 heterocycles. The largest absolute Gasteiger partial charge is 0.494 e.